The van der Waals surface area contributed by atoms with E-state index in [2.05, 4.69) is 5.10 Å². The molecule has 5 nitrogen and oxygen atoms in total. The Morgan fingerprint density at radius 3 is 2.50 bits per heavy atom. The number of nitrogens with one attached hydrogen (secondary N) is 1. The lowest BCUT2D eigenvalue weighted by Gasteiger charge is -2.11. The lowest BCUT2D eigenvalue weighted by molar-refractivity contribution is -0.716. The quantitative estimate of drug-likeness (QED) is 0.773. The molecule has 2 aromatic rings. The average molecular weight is 246 g/mol. The number of nitrogens with two attached hydrogens (primary N) is 1. The van der Waals surface area contributed by atoms with E-state index >= 15 is 0 Å². The van der Waals surface area contributed by atoms with E-state index in [1.54, 1.807) is 14.2 Å². The normalized spacial score (nSPS) is 16.3. The molecule has 1 aromatic carbocycles. The molecule has 3 N–H and O–H groups in total. The molecule has 1 aliphatic carbocycles. The van der Waals surface area contributed by atoms with Gasteiger partial charge in [0.05, 0.1) is 37.6 Å². The van der Waals surface area contributed by atoms with E-state index in [0.29, 0.717) is 5.75 Å². The zero-order valence-electron chi connectivity index (χ0n) is 10.7. The van der Waals surface area contributed by atoms with Gasteiger partial charge in [-0.1, -0.05) is 0 Å². The molecule has 1 heterocycles. The Hall–Kier alpha value is -2.01. The first-order valence-corrected chi connectivity index (χ1v) is 5.76. The number of hydrogen-bond acceptors (Lipinski definition) is 3. The van der Waals surface area contributed by atoms with Gasteiger partial charge < -0.3 is 15.2 Å². The SMILES string of the molecule is COc1cc2c(cc1OC)[C@@H](N)c1c[nH][n+](C)c1-2. The molecule has 18 heavy (non-hydrogen) atoms. The van der Waals surface area contributed by atoms with Crippen molar-refractivity contribution in [3.63, 3.8) is 0 Å². The highest BCUT2D eigenvalue weighted by molar-refractivity contribution is 5.76. The highest BCUT2D eigenvalue weighted by Gasteiger charge is 2.36. The Morgan fingerprint density at radius 1 is 1.17 bits per heavy atom. The largest absolute Gasteiger partial charge is 0.493 e. The van der Waals surface area contributed by atoms with Crippen LogP contribution in [0.1, 0.15) is 17.2 Å². The van der Waals surface area contributed by atoms with E-state index in [-0.39, 0.29) is 6.04 Å². The number of methoxy groups -OCH3 is 2. The van der Waals surface area contributed by atoms with E-state index in [4.69, 9.17) is 15.2 Å². The summed E-state index contributed by atoms with van der Waals surface area (Å²) in [5.74, 6) is 1.43. The molecule has 0 fully saturated rings. The summed E-state index contributed by atoms with van der Waals surface area (Å²) < 4.78 is 12.6. The molecule has 94 valence electrons. The molecule has 0 aliphatic heterocycles. The molecule has 1 atom stereocenters. The number of aromatic nitrogens is 2. The highest BCUT2D eigenvalue weighted by Crippen LogP contribution is 2.45. The minimum Gasteiger partial charge on any atom is -0.493 e. The first-order chi connectivity index (χ1) is 8.67. The molecule has 0 radical (unpaired) electrons. The van der Waals surface area contributed by atoms with E-state index < -0.39 is 0 Å². The number of hydrogen-bond donors (Lipinski definition) is 2. The molecule has 0 bridgehead atoms. The maximum atomic E-state index is 6.26. The van der Waals surface area contributed by atoms with Gasteiger partial charge in [-0.15, -0.1) is 4.68 Å². The van der Waals surface area contributed by atoms with Crippen molar-refractivity contribution in [2.45, 2.75) is 6.04 Å². The molecule has 3 rings (SSSR count). The van der Waals surface area contributed by atoms with Gasteiger partial charge in [-0.05, 0) is 17.7 Å². The molecule has 0 amide bonds. The van der Waals surface area contributed by atoms with Crippen molar-refractivity contribution in [2.75, 3.05) is 14.2 Å². The monoisotopic (exact) mass is 246 g/mol. The maximum Gasteiger partial charge on any atom is 0.243 e. The number of aromatic amines is 1. The van der Waals surface area contributed by atoms with Gasteiger partial charge >= 0.3 is 0 Å². The Balaban J connectivity index is 2.28. The number of nitrogens with zero attached hydrogens (tertiary/aromatic N) is 1. The van der Waals surface area contributed by atoms with Gasteiger partial charge in [0, 0.05) is 0 Å². The van der Waals surface area contributed by atoms with Gasteiger partial charge in [0.25, 0.3) is 0 Å². The van der Waals surface area contributed by atoms with Gasteiger partial charge in [-0.2, -0.15) is 5.10 Å². The molecular weight excluding hydrogens is 230 g/mol. The number of aryl methyl sites for hydroxylation is 1. The van der Waals surface area contributed by atoms with Crippen LogP contribution in [0, 0.1) is 0 Å². The van der Waals surface area contributed by atoms with Crippen molar-refractivity contribution in [3.8, 4) is 22.8 Å². The number of H-pyrrole nitrogens is 1. The Kier molecular flexibility index (Phi) is 2.31. The van der Waals surface area contributed by atoms with Gasteiger partial charge in [-0.25, -0.2) is 0 Å². The third-order valence-electron chi connectivity index (χ3n) is 3.50. The van der Waals surface area contributed by atoms with E-state index in [0.717, 1.165) is 28.1 Å². The van der Waals surface area contributed by atoms with Crippen LogP contribution >= 0.6 is 0 Å². The first-order valence-electron chi connectivity index (χ1n) is 5.76. The predicted octanol–water partition coefficient (Wildman–Crippen LogP) is 0.885. The fraction of sp³-hybridized carbons (Fsp3) is 0.308. The summed E-state index contributed by atoms with van der Waals surface area (Å²) in [6.07, 6.45) is 1.94. The van der Waals surface area contributed by atoms with Crippen molar-refractivity contribution >= 4 is 0 Å². The van der Waals surface area contributed by atoms with Crippen molar-refractivity contribution < 1.29 is 14.2 Å². The summed E-state index contributed by atoms with van der Waals surface area (Å²) in [7, 11) is 5.24. The second kappa shape index (κ2) is 3.74. The third-order valence-corrected chi connectivity index (χ3v) is 3.50. The summed E-state index contributed by atoms with van der Waals surface area (Å²) in [4.78, 5) is 0. The molecule has 0 spiro atoms. The number of fused-ring (bicyclic) bond motifs is 3. The van der Waals surface area contributed by atoms with E-state index in [1.165, 1.54) is 0 Å². The third kappa shape index (κ3) is 1.28. The number of benzene rings is 1. The van der Waals surface area contributed by atoms with Crippen molar-refractivity contribution in [1.82, 2.24) is 5.10 Å². The lowest BCUT2D eigenvalue weighted by Crippen LogP contribution is -2.31. The van der Waals surface area contributed by atoms with Gasteiger partial charge in [0.1, 0.15) is 0 Å². The Bertz CT molecular complexity index is 619. The van der Waals surface area contributed by atoms with Crippen LogP contribution in [0.5, 0.6) is 11.5 Å². The fourth-order valence-electron chi connectivity index (χ4n) is 2.59. The van der Waals surface area contributed by atoms with E-state index in [9.17, 15) is 0 Å². The zero-order valence-corrected chi connectivity index (χ0v) is 10.7. The first kappa shape index (κ1) is 11.1. The van der Waals surface area contributed by atoms with Crippen molar-refractivity contribution in [2.24, 2.45) is 12.8 Å². The molecule has 0 saturated heterocycles. The van der Waals surface area contributed by atoms with Gasteiger partial charge in [-0.3, -0.25) is 0 Å². The summed E-state index contributed by atoms with van der Waals surface area (Å²) >= 11 is 0. The Morgan fingerprint density at radius 2 is 1.83 bits per heavy atom. The minimum absolute atomic E-state index is 0.118. The van der Waals surface area contributed by atoms with Crippen LogP contribution in [0.2, 0.25) is 0 Å². The summed E-state index contributed by atoms with van der Waals surface area (Å²) in [6, 6.07) is 3.82. The standard InChI is InChI=1S/C13H15N3O2/c1-16-13-8-5-11(18-3)10(17-2)4-7(8)12(14)9(13)6-15-16/h4-6,12H,14H2,1-3H3/p+1/t12-/m1/s1. The topological polar surface area (TPSA) is 64.2 Å². The molecule has 0 unspecified atom stereocenters. The molecule has 5 heteroatoms. The second-order valence-corrected chi connectivity index (χ2v) is 4.41. The summed E-state index contributed by atoms with van der Waals surface area (Å²) in [6.45, 7) is 0. The van der Waals surface area contributed by atoms with Crippen LogP contribution in [-0.2, 0) is 7.05 Å². The zero-order chi connectivity index (χ0) is 12.9. The van der Waals surface area contributed by atoms with Crippen LogP contribution in [0.15, 0.2) is 18.3 Å². The van der Waals surface area contributed by atoms with Crippen LogP contribution in [0.3, 0.4) is 0 Å². The maximum absolute atomic E-state index is 6.26. The number of rotatable bonds is 2. The van der Waals surface area contributed by atoms with Crippen molar-refractivity contribution in [1.29, 1.82) is 0 Å². The lowest BCUT2D eigenvalue weighted by atomic mass is 10.1. The molecule has 0 saturated carbocycles. The molecule has 1 aromatic heterocycles. The van der Waals surface area contributed by atoms with Crippen LogP contribution in [0.25, 0.3) is 11.3 Å². The molecular formula is C13H16N3O2+. The van der Waals surface area contributed by atoms with Crippen LogP contribution in [0.4, 0.5) is 0 Å². The fourth-order valence-corrected chi connectivity index (χ4v) is 2.59. The smallest absolute Gasteiger partial charge is 0.243 e. The van der Waals surface area contributed by atoms with Crippen LogP contribution in [-0.4, -0.2) is 19.3 Å². The summed E-state index contributed by atoms with van der Waals surface area (Å²) in [5.41, 5.74) is 10.6. The molecule has 1 aliphatic rings. The van der Waals surface area contributed by atoms with Gasteiger partial charge in [0.2, 0.25) is 5.69 Å². The minimum atomic E-state index is -0.118. The Labute approximate surface area is 105 Å². The van der Waals surface area contributed by atoms with Crippen LogP contribution < -0.4 is 19.9 Å². The van der Waals surface area contributed by atoms with E-state index in [1.807, 2.05) is 30.1 Å². The summed E-state index contributed by atoms with van der Waals surface area (Å²) in [5, 5.41) is 3.14. The second-order valence-electron chi connectivity index (χ2n) is 4.41. The highest BCUT2D eigenvalue weighted by atomic mass is 16.5. The van der Waals surface area contributed by atoms with Crippen molar-refractivity contribution in [3.05, 3.63) is 29.5 Å². The average Bonchev–Trinajstić information content (AvgIpc) is 2.89. The number of ether oxygens (including phenoxy) is 2. The van der Waals surface area contributed by atoms with Gasteiger partial charge in [0.15, 0.2) is 18.5 Å². The predicted molar refractivity (Wildman–Crippen MR) is 66.5 cm³/mol.